The third-order valence-corrected chi connectivity index (χ3v) is 6.84. The van der Waals surface area contributed by atoms with Gasteiger partial charge in [-0.2, -0.15) is 26.3 Å². The molecule has 2 saturated heterocycles. The minimum absolute atomic E-state index is 0.00449. The van der Waals surface area contributed by atoms with Crippen LogP contribution in [0, 0.1) is 0 Å². The number of nitrogens with one attached hydrogen (secondary N) is 2. The topological polar surface area (TPSA) is 50.4 Å². The van der Waals surface area contributed by atoms with Gasteiger partial charge in [-0.3, -0.25) is 4.79 Å². The van der Waals surface area contributed by atoms with Crippen LogP contribution in [0.2, 0.25) is 0 Å². The van der Waals surface area contributed by atoms with E-state index in [1.807, 2.05) is 30.3 Å². The predicted octanol–water partition coefficient (Wildman–Crippen LogP) is 5.73. The molecule has 0 radical (unpaired) electrons. The Labute approximate surface area is 199 Å². The van der Waals surface area contributed by atoms with Gasteiger partial charge in [-0.25, -0.2) is 0 Å². The summed E-state index contributed by atoms with van der Waals surface area (Å²) in [5.41, 5.74) is -2.73. The zero-order valence-corrected chi connectivity index (χ0v) is 19.0. The Hall–Kier alpha value is -2.59. The molecule has 2 heterocycles. The minimum atomic E-state index is -4.92. The Morgan fingerprint density at radius 3 is 2.20 bits per heavy atom. The Balaban J connectivity index is 1.60. The first-order valence-corrected chi connectivity index (χ1v) is 11.4. The van der Waals surface area contributed by atoms with E-state index in [1.54, 1.807) is 0 Å². The summed E-state index contributed by atoms with van der Waals surface area (Å²) in [5.74, 6) is -0.00449. The van der Waals surface area contributed by atoms with Crippen molar-refractivity contribution in [3.8, 4) is 0 Å². The molecule has 2 N–H and O–H groups in total. The van der Waals surface area contributed by atoms with E-state index in [0.29, 0.717) is 37.8 Å². The van der Waals surface area contributed by atoms with Crippen LogP contribution >= 0.6 is 0 Å². The van der Waals surface area contributed by atoms with E-state index in [-0.39, 0.29) is 36.2 Å². The molecule has 4 nitrogen and oxygen atoms in total. The summed E-state index contributed by atoms with van der Waals surface area (Å²) in [6, 6.07) is 10.9. The molecule has 2 fully saturated rings. The molecule has 0 spiro atoms. The lowest BCUT2D eigenvalue weighted by Crippen LogP contribution is -2.64. The lowest BCUT2D eigenvalue weighted by Gasteiger charge is -2.48. The summed E-state index contributed by atoms with van der Waals surface area (Å²) < 4.78 is 85.8. The summed E-state index contributed by atoms with van der Waals surface area (Å²) in [5, 5.41) is 6.57. The van der Waals surface area contributed by atoms with Gasteiger partial charge < -0.3 is 15.4 Å². The van der Waals surface area contributed by atoms with Gasteiger partial charge in [-0.15, -0.1) is 0 Å². The SMILES string of the molecule is C[C@@H](OC[C@@]1(c2ccccc2)CCC2NC(=O)CC[C@H]2N1)c1cc(C(F)(F)F)cc(C(F)(F)F)c1. The van der Waals surface area contributed by atoms with Crippen molar-refractivity contribution >= 4 is 5.91 Å². The lowest BCUT2D eigenvalue weighted by atomic mass is 9.77. The van der Waals surface area contributed by atoms with Crippen LogP contribution in [0.15, 0.2) is 48.5 Å². The van der Waals surface area contributed by atoms with Crippen molar-refractivity contribution in [1.82, 2.24) is 10.6 Å². The summed E-state index contributed by atoms with van der Waals surface area (Å²) in [6.07, 6.45) is -8.63. The van der Waals surface area contributed by atoms with Crippen molar-refractivity contribution in [2.45, 2.75) is 68.7 Å². The van der Waals surface area contributed by atoms with Crippen LogP contribution in [-0.2, 0) is 27.4 Å². The highest BCUT2D eigenvalue weighted by Crippen LogP contribution is 2.40. The second-order valence-corrected chi connectivity index (χ2v) is 9.24. The molecule has 0 aromatic heterocycles. The van der Waals surface area contributed by atoms with E-state index in [0.717, 1.165) is 5.56 Å². The number of hydrogen-bond donors (Lipinski definition) is 2. The molecule has 0 aliphatic carbocycles. The van der Waals surface area contributed by atoms with Crippen molar-refractivity contribution in [2.24, 2.45) is 0 Å². The van der Waals surface area contributed by atoms with Crippen LogP contribution in [0.25, 0.3) is 0 Å². The number of halogens is 6. The van der Waals surface area contributed by atoms with Gasteiger partial charge in [-0.05, 0) is 55.5 Å². The second-order valence-electron chi connectivity index (χ2n) is 9.24. The number of hydrogen-bond acceptors (Lipinski definition) is 3. The highest BCUT2D eigenvalue weighted by molar-refractivity contribution is 5.77. The first-order chi connectivity index (χ1) is 16.4. The van der Waals surface area contributed by atoms with Gasteiger partial charge in [0.2, 0.25) is 5.91 Å². The molecule has 4 rings (SSSR count). The quantitative estimate of drug-likeness (QED) is 0.516. The standard InChI is InChI=1S/C25H26F6N2O2/c1-15(16-11-18(24(26,27)28)13-19(12-16)25(29,30)31)35-14-23(17-5-3-2-4-6-17)10-9-20-21(33-23)7-8-22(34)32-20/h2-6,11-13,15,20-21,33H,7-10,14H2,1H3,(H,32,34)/t15-,20?,21-,23-/m1/s1. The average molecular weight is 500 g/mol. The molecule has 10 heteroatoms. The minimum Gasteiger partial charge on any atom is -0.372 e. The average Bonchev–Trinajstić information content (AvgIpc) is 2.81. The van der Waals surface area contributed by atoms with Crippen LogP contribution < -0.4 is 10.6 Å². The highest BCUT2D eigenvalue weighted by atomic mass is 19.4. The molecule has 2 aliphatic heterocycles. The zero-order valence-electron chi connectivity index (χ0n) is 19.0. The van der Waals surface area contributed by atoms with Crippen molar-refractivity contribution in [2.75, 3.05) is 6.61 Å². The van der Waals surface area contributed by atoms with E-state index >= 15 is 0 Å². The number of amides is 1. The number of fused-ring (bicyclic) bond motifs is 1. The van der Waals surface area contributed by atoms with Crippen LogP contribution in [0.4, 0.5) is 26.3 Å². The monoisotopic (exact) mass is 500 g/mol. The molecular weight excluding hydrogens is 474 g/mol. The number of carbonyl (C=O) groups excluding carboxylic acids is 1. The number of alkyl halides is 6. The molecule has 1 unspecified atom stereocenters. The Kier molecular flexibility index (Phi) is 6.89. The van der Waals surface area contributed by atoms with E-state index in [4.69, 9.17) is 4.74 Å². The van der Waals surface area contributed by atoms with Gasteiger partial charge in [-0.1, -0.05) is 30.3 Å². The maximum Gasteiger partial charge on any atom is 0.416 e. The zero-order chi connectivity index (χ0) is 25.4. The highest BCUT2D eigenvalue weighted by Gasteiger charge is 2.44. The number of piperidine rings is 2. The Morgan fingerprint density at radius 1 is 0.971 bits per heavy atom. The van der Waals surface area contributed by atoms with E-state index in [1.165, 1.54) is 6.92 Å². The molecular formula is C25H26F6N2O2. The fraction of sp³-hybridized carbons (Fsp3) is 0.480. The molecule has 4 atom stereocenters. The molecule has 190 valence electrons. The van der Waals surface area contributed by atoms with Gasteiger partial charge in [0, 0.05) is 18.5 Å². The Bertz CT molecular complexity index is 1020. The van der Waals surface area contributed by atoms with Crippen LogP contribution in [-0.4, -0.2) is 24.6 Å². The molecule has 2 aliphatic rings. The molecule has 2 aromatic carbocycles. The van der Waals surface area contributed by atoms with Crippen LogP contribution in [0.1, 0.15) is 61.0 Å². The lowest BCUT2D eigenvalue weighted by molar-refractivity contribution is -0.143. The van der Waals surface area contributed by atoms with Crippen molar-refractivity contribution in [3.05, 3.63) is 70.8 Å². The van der Waals surface area contributed by atoms with Crippen LogP contribution in [0.3, 0.4) is 0 Å². The van der Waals surface area contributed by atoms with Gasteiger partial charge in [0.05, 0.1) is 29.4 Å². The molecule has 0 saturated carbocycles. The first-order valence-electron chi connectivity index (χ1n) is 11.4. The molecule has 35 heavy (non-hydrogen) atoms. The fourth-order valence-electron chi connectivity index (χ4n) is 4.90. The molecule has 0 bridgehead atoms. The van der Waals surface area contributed by atoms with Crippen LogP contribution in [0.5, 0.6) is 0 Å². The maximum atomic E-state index is 13.3. The predicted molar refractivity (Wildman–Crippen MR) is 116 cm³/mol. The van der Waals surface area contributed by atoms with Crippen molar-refractivity contribution < 1.29 is 35.9 Å². The number of carbonyl (C=O) groups is 1. The largest absolute Gasteiger partial charge is 0.416 e. The number of rotatable bonds is 5. The van der Waals surface area contributed by atoms with Gasteiger partial charge >= 0.3 is 12.4 Å². The summed E-state index contributed by atoms with van der Waals surface area (Å²) in [7, 11) is 0. The normalized spacial score (nSPS) is 26.1. The van der Waals surface area contributed by atoms with Gasteiger partial charge in [0.1, 0.15) is 0 Å². The Morgan fingerprint density at radius 2 is 1.60 bits per heavy atom. The summed E-state index contributed by atoms with van der Waals surface area (Å²) in [6.45, 7) is 1.48. The fourth-order valence-corrected chi connectivity index (χ4v) is 4.90. The van der Waals surface area contributed by atoms with E-state index in [2.05, 4.69) is 10.6 Å². The second kappa shape index (κ2) is 9.46. The molecule has 2 aromatic rings. The van der Waals surface area contributed by atoms with Gasteiger partial charge in [0.15, 0.2) is 0 Å². The number of benzene rings is 2. The van der Waals surface area contributed by atoms with Crippen molar-refractivity contribution in [1.29, 1.82) is 0 Å². The summed E-state index contributed by atoms with van der Waals surface area (Å²) in [4.78, 5) is 11.8. The van der Waals surface area contributed by atoms with Crippen molar-refractivity contribution in [3.63, 3.8) is 0 Å². The first kappa shape index (κ1) is 25.5. The third kappa shape index (κ3) is 5.64. The molecule has 1 amide bonds. The maximum absolute atomic E-state index is 13.3. The van der Waals surface area contributed by atoms with Gasteiger partial charge in [0.25, 0.3) is 0 Å². The third-order valence-electron chi connectivity index (χ3n) is 6.84. The smallest absolute Gasteiger partial charge is 0.372 e. The van der Waals surface area contributed by atoms with E-state index in [9.17, 15) is 31.1 Å². The summed E-state index contributed by atoms with van der Waals surface area (Å²) >= 11 is 0. The number of ether oxygens (including phenoxy) is 1. The van der Waals surface area contributed by atoms with E-state index < -0.39 is 35.1 Å².